The van der Waals surface area contributed by atoms with E-state index < -0.39 is 10.0 Å². The molecule has 19 heavy (non-hydrogen) atoms. The molecule has 3 aliphatic rings. The maximum absolute atomic E-state index is 12.1. The minimum absolute atomic E-state index is 0.199. The first-order chi connectivity index (χ1) is 9.14. The molecule has 0 aromatic heterocycles. The van der Waals surface area contributed by atoms with Crippen molar-refractivity contribution < 1.29 is 13.2 Å². The lowest BCUT2D eigenvalue weighted by atomic mass is 9.86. The standard InChI is InChI=1S/C14H25NO3S/c16-19(17,10-11-6-7-18-9-11)15-14-8-13(14)12-4-2-1-3-5-12/h11-15H,1-10H2/t11-,13+,14+/m1/s1. The molecule has 5 heteroatoms. The van der Waals surface area contributed by atoms with Gasteiger partial charge in [-0.25, -0.2) is 13.1 Å². The fraction of sp³-hybridized carbons (Fsp3) is 1.00. The largest absolute Gasteiger partial charge is 0.381 e. The Morgan fingerprint density at radius 1 is 1.11 bits per heavy atom. The van der Waals surface area contributed by atoms with Crippen LogP contribution in [0.15, 0.2) is 0 Å². The normalized spacial score (nSPS) is 36.5. The van der Waals surface area contributed by atoms with Gasteiger partial charge in [0.05, 0.1) is 12.4 Å². The highest BCUT2D eigenvalue weighted by atomic mass is 32.2. The molecule has 110 valence electrons. The SMILES string of the molecule is O=S(=O)(C[C@@H]1CCOC1)N[C@H]1C[C@H]1C1CCCCC1. The van der Waals surface area contributed by atoms with E-state index in [4.69, 9.17) is 4.74 Å². The Morgan fingerprint density at radius 3 is 2.58 bits per heavy atom. The van der Waals surface area contributed by atoms with Gasteiger partial charge in [0.15, 0.2) is 0 Å². The van der Waals surface area contributed by atoms with E-state index in [1.165, 1.54) is 32.1 Å². The van der Waals surface area contributed by atoms with Crippen LogP contribution in [0.2, 0.25) is 0 Å². The van der Waals surface area contributed by atoms with Gasteiger partial charge in [-0.2, -0.15) is 0 Å². The lowest BCUT2D eigenvalue weighted by Crippen LogP contribution is -2.33. The van der Waals surface area contributed by atoms with Crippen molar-refractivity contribution in [1.29, 1.82) is 0 Å². The van der Waals surface area contributed by atoms with Gasteiger partial charge in [-0.15, -0.1) is 0 Å². The fourth-order valence-electron chi connectivity index (χ4n) is 3.74. The third kappa shape index (κ3) is 3.70. The number of nitrogens with one attached hydrogen (secondary N) is 1. The Morgan fingerprint density at radius 2 is 1.89 bits per heavy atom. The van der Waals surface area contributed by atoms with Crippen LogP contribution in [-0.4, -0.2) is 33.4 Å². The summed E-state index contributed by atoms with van der Waals surface area (Å²) in [5.41, 5.74) is 0. The fourth-order valence-corrected chi connectivity index (χ4v) is 5.45. The molecule has 0 bridgehead atoms. The van der Waals surface area contributed by atoms with E-state index >= 15 is 0 Å². The smallest absolute Gasteiger partial charge is 0.212 e. The van der Waals surface area contributed by atoms with E-state index in [1.807, 2.05) is 0 Å². The number of ether oxygens (including phenoxy) is 1. The Kier molecular flexibility index (Phi) is 4.15. The van der Waals surface area contributed by atoms with Crippen molar-refractivity contribution >= 4 is 10.0 Å². The highest BCUT2D eigenvalue weighted by molar-refractivity contribution is 7.89. The van der Waals surface area contributed by atoms with E-state index in [9.17, 15) is 8.42 Å². The quantitative estimate of drug-likeness (QED) is 0.840. The highest BCUT2D eigenvalue weighted by Crippen LogP contribution is 2.44. The Balaban J connectivity index is 1.46. The van der Waals surface area contributed by atoms with Crippen molar-refractivity contribution in [3.8, 4) is 0 Å². The Hall–Kier alpha value is -0.130. The first-order valence-corrected chi connectivity index (χ1v) is 9.37. The monoisotopic (exact) mass is 287 g/mol. The lowest BCUT2D eigenvalue weighted by Gasteiger charge is -2.21. The average Bonchev–Trinajstić information content (AvgIpc) is 2.93. The number of sulfonamides is 1. The molecular weight excluding hydrogens is 262 g/mol. The van der Waals surface area contributed by atoms with Crippen LogP contribution < -0.4 is 4.72 Å². The zero-order valence-corrected chi connectivity index (χ0v) is 12.3. The van der Waals surface area contributed by atoms with Crippen LogP contribution in [0.5, 0.6) is 0 Å². The zero-order valence-electron chi connectivity index (χ0n) is 11.5. The Bertz CT molecular complexity index is 397. The summed E-state index contributed by atoms with van der Waals surface area (Å²) in [5.74, 6) is 1.84. The number of rotatable bonds is 5. The topological polar surface area (TPSA) is 55.4 Å². The van der Waals surface area contributed by atoms with Crippen LogP contribution in [-0.2, 0) is 14.8 Å². The van der Waals surface area contributed by atoms with Crippen LogP contribution >= 0.6 is 0 Å². The molecule has 1 aliphatic heterocycles. The molecule has 1 heterocycles. The molecule has 0 spiro atoms. The second kappa shape index (κ2) is 5.70. The second-order valence-electron chi connectivity index (χ2n) is 6.53. The third-order valence-corrected chi connectivity index (χ3v) is 6.48. The lowest BCUT2D eigenvalue weighted by molar-refractivity contribution is 0.188. The summed E-state index contributed by atoms with van der Waals surface area (Å²) in [6.45, 7) is 1.33. The van der Waals surface area contributed by atoms with E-state index in [2.05, 4.69) is 4.72 Å². The van der Waals surface area contributed by atoms with Gasteiger partial charge in [-0.1, -0.05) is 32.1 Å². The molecule has 0 unspecified atom stereocenters. The molecule has 1 N–H and O–H groups in total. The predicted octanol–water partition coefficient (Wildman–Crippen LogP) is 1.91. The van der Waals surface area contributed by atoms with Crippen LogP contribution in [0.25, 0.3) is 0 Å². The predicted molar refractivity (Wildman–Crippen MR) is 74.3 cm³/mol. The summed E-state index contributed by atoms with van der Waals surface area (Å²) >= 11 is 0. The van der Waals surface area contributed by atoms with E-state index in [0.717, 1.165) is 18.8 Å². The summed E-state index contributed by atoms with van der Waals surface area (Å²) in [6, 6.07) is 0.232. The van der Waals surface area contributed by atoms with Crippen LogP contribution in [0.4, 0.5) is 0 Å². The maximum atomic E-state index is 12.1. The van der Waals surface area contributed by atoms with E-state index in [1.54, 1.807) is 0 Å². The van der Waals surface area contributed by atoms with Gasteiger partial charge in [0, 0.05) is 12.6 Å². The van der Waals surface area contributed by atoms with Gasteiger partial charge in [0.1, 0.15) is 0 Å². The van der Waals surface area contributed by atoms with E-state index in [-0.39, 0.29) is 17.7 Å². The van der Waals surface area contributed by atoms with Gasteiger partial charge < -0.3 is 4.74 Å². The van der Waals surface area contributed by atoms with Crippen LogP contribution in [0.3, 0.4) is 0 Å². The zero-order chi connectivity index (χ0) is 13.3. The molecular formula is C14H25NO3S. The molecule has 3 fully saturated rings. The first kappa shape index (κ1) is 13.8. The number of hydrogen-bond acceptors (Lipinski definition) is 3. The van der Waals surface area contributed by atoms with Crippen molar-refractivity contribution in [2.24, 2.45) is 17.8 Å². The number of hydrogen-bond donors (Lipinski definition) is 1. The van der Waals surface area contributed by atoms with Gasteiger partial charge >= 0.3 is 0 Å². The van der Waals surface area contributed by atoms with Crippen molar-refractivity contribution in [3.63, 3.8) is 0 Å². The maximum Gasteiger partial charge on any atom is 0.212 e. The Labute approximate surface area is 116 Å². The summed E-state index contributed by atoms with van der Waals surface area (Å²) in [6.07, 6.45) is 8.59. The van der Waals surface area contributed by atoms with Crippen molar-refractivity contribution in [1.82, 2.24) is 4.72 Å². The van der Waals surface area contributed by atoms with Crippen molar-refractivity contribution in [3.05, 3.63) is 0 Å². The minimum atomic E-state index is -3.10. The average molecular weight is 287 g/mol. The first-order valence-electron chi connectivity index (χ1n) is 7.72. The molecule has 0 aromatic carbocycles. The molecule has 4 nitrogen and oxygen atoms in total. The summed E-state index contributed by atoms with van der Waals surface area (Å²) in [7, 11) is -3.10. The summed E-state index contributed by atoms with van der Waals surface area (Å²) < 4.78 is 32.4. The van der Waals surface area contributed by atoms with Gasteiger partial charge in [0.2, 0.25) is 10.0 Å². The molecule has 1 saturated heterocycles. The second-order valence-corrected chi connectivity index (χ2v) is 8.33. The van der Waals surface area contributed by atoms with Crippen LogP contribution in [0, 0.1) is 17.8 Å². The van der Waals surface area contributed by atoms with Gasteiger partial charge in [-0.3, -0.25) is 0 Å². The summed E-state index contributed by atoms with van der Waals surface area (Å²) in [5, 5.41) is 0. The van der Waals surface area contributed by atoms with E-state index in [0.29, 0.717) is 19.1 Å². The summed E-state index contributed by atoms with van der Waals surface area (Å²) in [4.78, 5) is 0. The van der Waals surface area contributed by atoms with Crippen LogP contribution in [0.1, 0.15) is 44.9 Å². The van der Waals surface area contributed by atoms with Gasteiger partial charge in [-0.05, 0) is 30.6 Å². The van der Waals surface area contributed by atoms with Crippen molar-refractivity contribution in [2.45, 2.75) is 51.0 Å². The molecule has 0 amide bonds. The molecule has 3 rings (SSSR count). The molecule has 2 saturated carbocycles. The highest BCUT2D eigenvalue weighted by Gasteiger charge is 2.45. The molecule has 2 aliphatic carbocycles. The molecule has 3 atom stereocenters. The minimum Gasteiger partial charge on any atom is -0.381 e. The molecule has 0 aromatic rings. The van der Waals surface area contributed by atoms with Crippen molar-refractivity contribution in [2.75, 3.05) is 19.0 Å². The van der Waals surface area contributed by atoms with Gasteiger partial charge in [0.25, 0.3) is 0 Å². The molecule has 0 radical (unpaired) electrons. The third-order valence-electron chi connectivity index (χ3n) is 4.91.